The van der Waals surface area contributed by atoms with Crippen LogP contribution in [0.5, 0.6) is 0 Å². The second-order valence-corrected chi connectivity index (χ2v) is 5.70. The van der Waals surface area contributed by atoms with Gasteiger partial charge in [-0.25, -0.2) is 0 Å². The van der Waals surface area contributed by atoms with E-state index in [0.717, 1.165) is 12.5 Å². The van der Waals surface area contributed by atoms with E-state index in [1.54, 1.807) is 0 Å². The zero-order chi connectivity index (χ0) is 11.3. The average molecular weight is 210 g/mol. The SMILES string of the molecule is C=C1CCCC1CCCCOC(C)(C)C. The highest BCUT2D eigenvalue weighted by atomic mass is 16.5. The van der Waals surface area contributed by atoms with E-state index in [1.165, 1.54) is 44.1 Å². The van der Waals surface area contributed by atoms with Gasteiger partial charge in [0.05, 0.1) is 5.60 Å². The van der Waals surface area contributed by atoms with Crippen LogP contribution in [0.15, 0.2) is 12.2 Å². The molecule has 88 valence electrons. The molecule has 1 aliphatic rings. The lowest BCUT2D eigenvalue weighted by atomic mass is 9.97. The Morgan fingerprint density at radius 2 is 2.07 bits per heavy atom. The van der Waals surface area contributed by atoms with Crippen LogP contribution in [0, 0.1) is 5.92 Å². The monoisotopic (exact) mass is 210 g/mol. The van der Waals surface area contributed by atoms with Crippen LogP contribution in [-0.4, -0.2) is 12.2 Å². The summed E-state index contributed by atoms with van der Waals surface area (Å²) in [5.41, 5.74) is 1.52. The summed E-state index contributed by atoms with van der Waals surface area (Å²) in [4.78, 5) is 0. The van der Waals surface area contributed by atoms with Crippen molar-refractivity contribution in [2.45, 2.75) is 64.9 Å². The average Bonchev–Trinajstić information content (AvgIpc) is 2.49. The van der Waals surface area contributed by atoms with Crippen molar-refractivity contribution in [3.05, 3.63) is 12.2 Å². The third-order valence-corrected chi connectivity index (χ3v) is 3.11. The Morgan fingerprint density at radius 3 is 2.60 bits per heavy atom. The lowest BCUT2D eigenvalue weighted by molar-refractivity contribution is -0.00492. The second-order valence-electron chi connectivity index (χ2n) is 5.70. The Kier molecular flexibility index (Phi) is 4.85. The predicted molar refractivity (Wildman–Crippen MR) is 66.0 cm³/mol. The van der Waals surface area contributed by atoms with E-state index in [2.05, 4.69) is 27.4 Å². The molecule has 0 aliphatic heterocycles. The third kappa shape index (κ3) is 5.36. The van der Waals surface area contributed by atoms with E-state index >= 15 is 0 Å². The van der Waals surface area contributed by atoms with Crippen LogP contribution in [0.25, 0.3) is 0 Å². The summed E-state index contributed by atoms with van der Waals surface area (Å²) >= 11 is 0. The van der Waals surface area contributed by atoms with E-state index in [0.29, 0.717) is 0 Å². The smallest absolute Gasteiger partial charge is 0.0598 e. The largest absolute Gasteiger partial charge is 0.376 e. The Hall–Kier alpha value is -0.300. The topological polar surface area (TPSA) is 9.23 Å². The van der Waals surface area contributed by atoms with Gasteiger partial charge in [-0.3, -0.25) is 0 Å². The van der Waals surface area contributed by atoms with Gasteiger partial charge in [-0.15, -0.1) is 0 Å². The van der Waals surface area contributed by atoms with Crippen molar-refractivity contribution in [2.24, 2.45) is 5.92 Å². The molecular formula is C14H26O. The maximum absolute atomic E-state index is 5.70. The Bertz CT molecular complexity index is 200. The first-order valence-electron chi connectivity index (χ1n) is 6.31. The summed E-state index contributed by atoms with van der Waals surface area (Å²) < 4.78 is 5.70. The molecule has 0 N–H and O–H groups in total. The molecule has 0 aromatic rings. The molecule has 1 fully saturated rings. The van der Waals surface area contributed by atoms with Crippen LogP contribution in [0.3, 0.4) is 0 Å². The number of rotatable bonds is 5. The lowest BCUT2D eigenvalue weighted by Gasteiger charge is -2.19. The lowest BCUT2D eigenvalue weighted by Crippen LogP contribution is -2.19. The number of hydrogen-bond donors (Lipinski definition) is 0. The van der Waals surface area contributed by atoms with Crippen molar-refractivity contribution >= 4 is 0 Å². The van der Waals surface area contributed by atoms with Crippen LogP contribution in [0.2, 0.25) is 0 Å². The van der Waals surface area contributed by atoms with E-state index in [4.69, 9.17) is 4.74 Å². The summed E-state index contributed by atoms with van der Waals surface area (Å²) in [6.45, 7) is 11.4. The Morgan fingerprint density at radius 1 is 1.33 bits per heavy atom. The van der Waals surface area contributed by atoms with Crippen LogP contribution in [-0.2, 0) is 4.74 Å². The van der Waals surface area contributed by atoms with Gasteiger partial charge in [0.15, 0.2) is 0 Å². The summed E-state index contributed by atoms with van der Waals surface area (Å²) in [7, 11) is 0. The maximum atomic E-state index is 5.70. The van der Waals surface area contributed by atoms with Gasteiger partial charge in [0, 0.05) is 6.61 Å². The van der Waals surface area contributed by atoms with Crippen molar-refractivity contribution in [1.82, 2.24) is 0 Å². The van der Waals surface area contributed by atoms with E-state index in [-0.39, 0.29) is 5.60 Å². The van der Waals surface area contributed by atoms with Gasteiger partial charge in [-0.2, -0.15) is 0 Å². The zero-order valence-corrected chi connectivity index (χ0v) is 10.6. The molecule has 1 atom stereocenters. The molecule has 15 heavy (non-hydrogen) atoms. The van der Waals surface area contributed by atoms with Gasteiger partial charge in [-0.1, -0.05) is 18.6 Å². The van der Waals surface area contributed by atoms with Gasteiger partial charge in [-0.05, 0) is 58.8 Å². The molecule has 1 aliphatic carbocycles. The van der Waals surface area contributed by atoms with E-state index < -0.39 is 0 Å². The second kappa shape index (κ2) is 5.69. The fourth-order valence-electron chi connectivity index (χ4n) is 2.20. The summed E-state index contributed by atoms with van der Waals surface area (Å²) in [6, 6.07) is 0. The Labute approximate surface area is 94.9 Å². The highest BCUT2D eigenvalue weighted by Gasteiger charge is 2.18. The molecule has 0 spiro atoms. The fourth-order valence-corrected chi connectivity index (χ4v) is 2.20. The van der Waals surface area contributed by atoms with Crippen LogP contribution < -0.4 is 0 Å². The van der Waals surface area contributed by atoms with Crippen LogP contribution >= 0.6 is 0 Å². The number of ether oxygens (including phenoxy) is 1. The summed E-state index contributed by atoms with van der Waals surface area (Å²) in [5.74, 6) is 0.819. The minimum Gasteiger partial charge on any atom is -0.376 e. The number of unbranched alkanes of at least 4 members (excludes halogenated alkanes) is 1. The molecule has 1 unspecified atom stereocenters. The zero-order valence-electron chi connectivity index (χ0n) is 10.6. The minimum absolute atomic E-state index is 0.0248. The first-order chi connectivity index (χ1) is 6.99. The molecule has 1 saturated carbocycles. The quantitative estimate of drug-likeness (QED) is 0.485. The molecule has 0 radical (unpaired) electrons. The molecule has 1 heteroatoms. The molecule has 0 saturated heterocycles. The van der Waals surface area contributed by atoms with E-state index in [9.17, 15) is 0 Å². The molecule has 1 nitrogen and oxygen atoms in total. The maximum Gasteiger partial charge on any atom is 0.0598 e. The molecular weight excluding hydrogens is 184 g/mol. The standard InChI is InChI=1S/C14H26O/c1-12-8-7-10-13(12)9-5-6-11-15-14(2,3)4/h13H,1,5-11H2,2-4H3. The Balaban J connectivity index is 2.00. The molecule has 0 aromatic heterocycles. The van der Waals surface area contributed by atoms with Gasteiger partial charge < -0.3 is 4.74 Å². The molecule has 0 heterocycles. The van der Waals surface area contributed by atoms with Crippen molar-refractivity contribution in [3.63, 3.8) is 0 Å². The van der Waals surface area contributed by atoms with E-state index in [1.807, 2.05) is 0 Å². The number of allylic oxidation sites excluding steroid dienone is 1. The minimum atomic E-state index is 0.0248. The third-order valence-electron chi connectivity index (χ3n) is 3.11. The highest BCUT2D eigenvalue weighted by Crippen LogP contribution is 2.33. The van der Waals surface area contributed by atoms with Crippen molar-refractivity contribution in [3.8, 4) is 0 Å². The highest BCUT2D eigenvalue weighted by molar-refractivity contribution is 5.05. The van der Waals surface area contributed by atoms with Gasteiger partial charge in [0.1, 0.15) is 0 Å². The molecule has 0 amide bonds. The van der Waals surface area contributed by atoms with Crippen LogP contribution in [0.4, 0.5) is 0 Å². The van der Waals surface area contributed by atoms with Gasteiger partial charge in [0.25, 0.3) is 0 Å². The first-order valence-corrected chi connectivity index (χ1v) is 6.31. The van der Waals surface area contributed by atoms with Crippen molar-refractivity contribution in [2.75, 3.05) is 6.61 Å². The molecule has 0 aromatic carbocycles. The summed E-state index contributed by atoms with van der Waals surface area (Å²) in [6.07, 6.45) is 7.82. The fraction of sp³-hybridized carbons (Fsp3) is 0.857. The summed E-state index contributed by atoms with van der Waals surface area (Å²) in [5, 5.41) is 0. The molecule has 1 rings (SSSR count). The van der Waals surface area contributed by atoms with Gasteiger partial charge >= 0.3 is 0 Å². The van der Waals surface area contributed by atoms with Crippen LogP contribution in [0.1, 0.15) is 59.3 Å². The predicted octanol–water partition coefficient (Wildman–Crippen LogP) is 4.33. The first kappa shape index (κ1) is 12.8. The molecule has 0 bridgehead atoms. The number of hydrogen-bond acceptors (Lipinski definition) is 1. The normalized spacial score (nSPS) is 22.3. The van der Waals surface area contributed by atoms with Gasteiger partial charge in [0.2, 0.25) is 0 Å². The van der Waals surface area contributed by atoms with Crippen molar-refractivity contribution < 1.29 is 4.74 Å². The van der Waals surface area contributed by atoms with Crippen molar-refractivity contribution in [1.29, 1.82) is 0 Å².